The van der Waals surface area contributed by atoms with Crippen LogP contribution in [-0.4, -0.2) is 57.1 Å². The Hall–Kier alpha value is -3.79. The van der Waals surface area contributed by atoms with Crippen molar-refractivity contribution >= 4 is 40.0 Å². The molecule has 0 unspecified atom stereocenters. The van der Waals surface area contributed by atoms with E-state index in [4.69, 9.17) is 16.7 Å². The molecule has 8 nitrogen and oxygen atoms in total. The number of hydrogen-bond donors (Lipinski definition) is 1. The summed E-state index contributed by atoms with van der Waals surface area (Å²) in [6.07, 6.45) is 0. The Balaban J connectivity index is 1.36. The molecule has 4 aromatic rings. The summed E-state index contributed by atoms with van der Waals surface area (Å²) in [6.45, 7) is 5.67. The standard InChI is InChI=1S/C24H22ClF2N7O/c1-14-21-15(2)34(18-6-3-16(25)4-7-18)31-22(21)23(30-29-14)32-9-11-33(12-10-32)24(35)28-20-8-5-17(26)13-19(20)27/h3-8,13H,9-12H2,1-2H3,(H,28,35). The quantitative estimate of drug-likeness (QED) is 0.443. The van der Waals surface area contributed by atoms with Crippen LogP contribution in [0.1, 0.15) is 11.4 Å². The number of nitrogens with zero attached hydrogens (tertiary/aromatic N) is 6. The molecule has 11 heteroatoms. The molecule has 2 amide bonds. The highest BCUT2D eigenvalue weighted by Gasteiger charge is 2.26. The SMILES string of the molecule is Cc1nnc(N2CCN(C(=O)Nc3ccc(F)cc3F)CC2)c2nn(-c3ccc(Cl)cc3)c(C)c12. The van der Waals surface area contributed by atoms with Crippen molar-refractivity contribution in [3.05, 3.63) is 70.5 Å². The van der Waals surface area contributed by atoms with Crippen LogP contribution in [0.25, 0.3) is 16.6 Å². The zero-order valence-electron chi connectivity index (χ0n) is 19.1. The highest BCUT2D eigenvalue weighted by molar-refractivity contribution is 6.30. The number of benzene rings is 2. The van der Waals surface area contributed by atoms with Crippen molar-refractivity contribution in [3.63, 3.8) is 0 Å². The molecule has 35 heavy (non-hydrogen) atoms. The van der Waals surface area contributed by atoms with Crippen molar-refractivity contribution in [2.75, 3.05) is 36.4 Å². The van der Waals surface area contributed by atoms with E-state index in [1.807, 2.05) is 47.7 Å². The molecule has 1 aliphatic rings. The Kier molecular flexibility index (Phi) is 5.98. The molecule has 1 saturated heterocycles. The van der Waals surface area contributed by atoms with Gasteiger partial charge in [0.2, 0.25) is 0 Å². The maximum Gasteiger partial charge on any atom is 0.322 e. The van der Waals surface area contributed by atoms with Crippen LogP contribution in [-0.2, 0) is 0 Å². The Labute approximate surface area is 205 Å². The van der Waals surface area contributed by atoms with Gasteiger partial charge in [-0.1, -0.05) is 11.6 Å². The van der Waals surface area contributed by atoms with Crippen molar-refractivity contribution in [2.24, 2.45) is 0 Å². The number of urea groups is 1. The van der Waals surface area contributed by atoms with Crippen LogP contribution in [0.15, 0.2) is 42.5 Å². The Morgan fingerprint density at radius 2 is 1.71 bits per heavy atom. The van der Waals surface area contributed by atoms with Crippen LogP contribution in [0.4, 0.5) is 25.1 Å². The minimum absolute atomic E-state index is 0.0619. The first-order valence-electron chi connectivity index (χ1n) is 11.1. The van der Waals surface area contributed by atoms with Crippen LogP contribution < -0.4 is 10.2 Å². The molecule has 1 aliphatic heterocycles. The summed E-state index contributed by atoms with van der Waals surface area (Å²) >= 11 is 6.04. The van der Waals surface area contributed by atoms with Crippen molar-refractivity contribution in [1.29, 1.82) is 0 Å². The van der Waals surface area contributed by atoms with Gasteiger partial charge >= 0.3 is 6.03 Å². The number of amides is 2. The number of anilines is 2. The van der Waals surface area contributed by atoms with E-state index < -0.39 is 17.7 Å². The molecule has 3 heterocycles. The van der Waals surface area contributed by atoms with Gasteiger partial charge in [0, 0.05) is 37.3 Å². The highest BCUT2D eigenvalue weighted by Crippen LogP contribution is 2.30. The number of aromatic nitrogens is 4. The van der Waals surface area contributed by atoms with E-state index in [0.717, 1.165) is 40.1 Å². The van der Waals surface area contributed by atoms with Crippen LogP contribution in [0.2, 0.25) is 5.02 Å². The zero-order valence-corrected chi connectivity index (χ0v) is 19.9. The molecule has 1 N–H and O–H groups in total. The minimum atomic E-state index is -0.819. The van der Waals surface area contributed by atoms with E-state index in [0.29, 0.717) is 37.0 Å². The van der Waals surface area contributed by atoms with Gasteiger partial charge in [-0.2, -0.15) is 10.2 Å². The number of rotatable bonds is 3. The van der Waals surface area contributed by atoms with E-state index in [1.165, 1.54) is 6.07 Å². The van der Waals surface area contributed by atoms with Crippen LogP contribution >= 0.6 is 11.6 Å². The van der Waals surface area contributed by atoms with Gasteiger partial charge in [-0.25, -0.2) is 18.3 Å². The highest BCUT2D eigenvalue weighted by atomic mass is 35.5. The maximum absolute atomic E-state index is 13.9. The number of halogens is 3. The molecule has 5 rings (SSSR count). The molecule has 1 fully saturated rings. The number of hydrogen-bond acceptors (Lipinski definition) is 5. The average molecular weight is 498 g/mol. The third kappa shape index (κ3) is 4.37. The largest absolute Gasteiger partial charge is 0.350 e. The Morgan fingerprint density at radius 1 is 1.00 bits per heavy atom. The number of fused-ring (bicyclic) bond motifs is 1. The van der Waals surface area contributed by atoms with Gasteiger partial charge in [0.1, 0.15) is 17.2 Å². The van der Waals surface area contributed by atoms with E-state index in [9.17, 15) is 13.6 Å². The summed E-state index contributed by atoms with van der Waals surface area (Å²) < 4.78 is 28.9. The monoisotopic (exact) mass is 497 g/mol. The summed E-state index contributed by atoms with van der Waals surface area (Å²) in [6, 6.07) is 10.0. The topological polar surface area (TPSA) is 79.2 Å². The number of nitrogens with one attached hydrogen (secondary N) is 1. The van der Waals surface area contributed by atoms with Gasteiger partial charge in [-0.15, -0.1) is 5.10 Å². The molecule has 2 aromatic carbocycles. The summed E-state index contributed by atoms with van der Waals surface area (Å²) in [5.41, 5.74) is 3.27. The van der Waals surface area contributed by atoms with Crippen molar-refractivity contribution in [2.45, 2.75) is 13.8 Å². The average Bonchev–Trinajstić information content (AvgIpc) is 3.19. The molecular weight excluding hydrogens is 476 g/mol. The molecule has 0 bridgehead atoms. The zero-order chi connectivity index (χ0) is 24.7. The lowest BCUT2D eigenvalue weighted by atomic mass is 10.2. The molecule has 0 saturated carbocycles. The molecule has 180 valence electrons. The number of piperazine rings is 1. The second-order valence-corrected chi connectivity index (χ2v) is 8.77. The number of carbonyl (C=O) groups is 1. The molecule has 0 atom stereocenters. The first-order valence-corrected chi connectivity index (χ1v) is 11.4. The lowest BCUT2D eigenvalue weighted by Crippen LogP contribution is -2.50. The van der Waals surface area contributed by atoms with Crippen LogP contribution in [0, 0.1) is 25.5 Å². The first-order chi connectivity index (χ1) is 16.8. The smallest absolute Gasteiger partial charge is 0.322 e. The van der Waals surface area contributed by atoms with Gasteiger partial charge in [-0.3, -0.25) is 0 Å². The number of carbonyl (C=O) groups excluding carboxylic acids is 1. The van der Waals surface area contributed by atoms with Crippen molar-refractivity contribution in [1.82, 2.24) is 24.9 Å². The van der Waals surface area contributed by atoms with Crippen LogP contribution in [0.5, 0.6) is 0 Å². The van der Waals surface area contributed by atoms with Gasteiger partial charge in [-0.05, 0) is 50.2 Å². The fraction of sp³-hybridized carbons (Fsp3) is 0.250. The molecule has 0 aliphatic carbocycles. The van der Waals surface area contributed by atoms with E-state index in [1.54, 1.807) is 4.90 Å². The predicted molar refractivity (Wildman–Crippen MR) is 130 cm³/mol. The fourth-order valence-electron chi connectivity index (χ4n) is 4.26. The van der Waals surface area contributed by atoms with E-state index in [2.05, 4.69) is 15.5 Å². The summed E-state index contributed by atoms with van der Waals surface area (Å²) in [4.78, 5) is 16.2. The summed E-state index contributed by atoms with van der Waals surface area (Å²) in [7, 11) is 0. The van der Waals surface area contributed by atoms with Gasteiger partial charge in [0.05, 0.1) is 28.1 Å². The third-order valence-electron chi connectivity index (χ3n) is 6.09. The maximum atomic E-state index is 13.9. The Bertz CT molecular complexity index is 1420. The summed E-state index contributed by atoms with van der Waals surface area (Å²) in [5, 5.41) is 17.7. The van der Waals surface area contributed by atoms with Gasteiger partial charge < -0.3 is 15.1 Å². The lowest BCUT2D eigenvalue weighted by Gasteiger charge is -2.35. The molecular formula is C24H22ClF2N7O. The Morgan fingerprint density at radius 3 is 2.40 bits per heavy atom. The lowest BCUT2D eigenvalue weighted by molar-refractivity contribution is 0.208. The second kappa shape index (κ2) is 9.10. The van der Waals surface area contributed by atoms with Gasteiger partial charge in [0.15, 0.2) is 5.82 Å². The second-order valence-electron chi connectivity index (χ2n) is 8.33. The third-order valence-corrected chi connectivity index (χ3v) is 6.35. The van der Waals surface area contributed by atoms with E-state index >= 15 is 0 Å². The van der Waals surface area contributed by atoms with Crippen molar-refractivity contribution < 1.29 is 13.6 Å². The fourth-order valence-corrected chi connectivity index (χ4v) is 4.39. The molecule has 0 radical (unpaired) electrons. The predicted octanol–water partition coefficient (Wildman–Crippen LogP) is 4.72. The summed E-state index contributed by atoms with van der Waals surface area (Å²) in [5.74, 6) is -0.875. The molecule has 2 aromatic heterocycles. The van der Waals surface area contributed by atoms with Crippen LogP contribution in [0.3, 0.4) is 0 Å². The molecule has 0 spiro atoms. The first kappa shape index (κ1) is 23.0. The minimum Gasteiger partial charge on any atom is -0.350 e. The van der Waals surface area contributed by atoms with Crippen molar-refractivity contribution in [3.8, 4) is 5.69 Å². The number of aryl methyl sites for hydroxylation is 2. The van der Waals surface area contributed by atoms with E-state index in [-0.39, 0.29) is 5.69 Å². The van der Waals surface area contributed by atoms with Gasteiger partial charge in [0.25, 0.3) is 0 Å². The normalized spacial score (nSPS) is 14.0.